The van der Waals surface area contributed by atoms with E-state index in [2.05, 4.69) is 15.6 Å². The van der Waals surface area contributed by atoms with Gasteiger partial charge in [-0.05, 0) is 38.0 Å². The van der Waals surface area contributed by atoms with Gasteiger partial charge in [0.15, 0.2) is 0 Å². The highest BCUT2D eigenvalue weighted by molar-refractivity contribution is 6.33. The number of pyridine rings is 2. The standard InChI is InChI=1S/C24H27ClFN5O2/c1-3-31-20-12-21(28-2)29-13-14(20)9-16(22(31)32)15-10-17(19(26)11-18(15)25)24(30-23(27)33)7-5-4-6-8-24/h9-13H,3-8H2,1-2H3,(H,28,29)(H3,27,30,33). The maximum absolute atomic E-state index is 15.2. The van der Waals surface area contributed by atoms with Crippen molar-refractivity contribution in [2.75, 3.05) is 12.4 Å². The molecule has 0 aliphatic heterocycles. The molecule has 0 spiro atoms. The number of rotatable bonds is 5. The topological polar surface area (TPSA) is 102 Å². The van der Waals surface area contributed by atoms with Crippen LogP contribution in [0.15, 0.2) is 35.3 Å². The first kappa shape index (κ1) is 23.0. The third-order valence-electron chi connectivity index (χ3n) is 6.48. The van der Waals surface area contributed by atoms with Crippen LogP contribution in [0.3, 0.4) is 0 Å². The number of aromatic nitrogens is 2. The molecular weight excluding hydrogens is 445 g/mol. The molecule has 2 aromatic heterocycles. The van der Waals surface area contributed by atoms with Crippen molar-refractivity contribution in [3.8, 4) is 11.1 Å². The lowest BCUT2D eigenvalue weighted by Crippen LogP contribution is -2.49. The van der Waals surface area contributed by atoms with E-state index in [9.17, 15) is 9.59 Å². The van der Waals surface area contributed by atoms with Crippen molar-refractivity contribution < 1.29 is 9.18 Å². The second-order valence-electron chi connectivity index (χ2n) is 8.43. The molecule has 174 valence electrons. The molecule has 1 fully saturated rings. The Balaban J connectivity index is 1.96. The van der Waals surface area contributed by atoms with E-state index in [1.165, 1.54) is 6.07 Å². The Kier molecular flexibility index (Phi) is 6.30. The summed E-state index contributed by atoms with van der Waals surface area (Å²) < 4.78 is 16.9. The fourth-order valence-electron chi connectivity index (χ4n) is 4.89. The average Bonchev–Trinajstić information content (AvgIpc) is 2.79. The number of aryl methyl sites for hydroxylation is 1. The first-order valence-corrected chi connectivity index (χ1v) is 11.5. The van der Waals surface area contributed by atoms with Crippen molar-refractivity contribution in [3.63, 3.8) is 0 Å². The van der Waals surface area contributed by atoms with E-state index in [0.717, 1.165) is 30.2 Å². The van der Waals surface area contributed by atoms with Crippen LogP contribution in [0.2, 0.25) is 5.02 Å². The first-order valence-electron chi connectivity index (χ1n) is 11.1. The van der Waals surface area contributed by atoms with Crippen LogP contribution in [0, 0.1) is 5.82 Å². The summed E-state index contributed by atoms with van der Waals surface area (Å²) in [5, 5.41) is 6.65. The number of urea groups is 1. The number of nitrogens with one attached hydrogen (secondary N) is 2. The van der Waals surface area contributed by atoms with Crippen LogP contribution in [-0.2, 0) is 12.1 Å². The number of nitrogens with two attached hydrogens (primary N) is 1. The van der Waals surface area contributed by atoms with Crippen LogP contribution in [0.4, 0.5) is 15.0 Å². The van der Waals surface area contributed by atoms with Gasteiger partial charge < -0.3 is 20.9 Å². The molecule has 0 radical (unpaired) electrons. The van der Waals surface area contributed by atoms with Gasteiger partial charge in [0.25, 0.3) is 5.56 Å². The minimum atomic E-state index is -0.933. The van der Waals surface area contributed by atoms with E-state index in [0.29, 0.717) is 41.9 Å². The molecule has 3 aromatic rings. The van der Waals surface area contributed by atoms with Crippen LogP contribution in [-0.4, -0.2) is 22.6 Å². The predicted octanol–water partition coefficient (Wildman–Crippen LogP) is 4.75. The molecule has 1 saturated carbocycles. The average molecular weight is 472 g/mol. The normalized spacial score (nSPS) is 15.4. The molecule has 9 heteroatoms. The van der Waals surface area contributed by atoms with Crippen LogP contribution < -0.4 is 21.9 Å². The van der Waals surface area contributed by atoms with Gasteiger partial charge in [0.1, 0.15) is 11.6 Å². The SMILES string of the molecule is CCn1c(=O)c(-c2cc(C3(NC(N)=O)CCCCC3)c(F)cc2Cl)cc2cnc(NC)cc21. The Labute approximate surface area is 196 Å². The number of hydrogen-bond donors (Lipinski definition) is 3. The Morgan fingerprint density at radius 2 is 1.94 bits per heavy atom. The van der Waals surface area contributed by atoms with Crippen molar-refractivity contribution in [3.05, 3.63) is 57.2 Å². The van der Waals surface area contributed by atoms with E-state index in [1.54, 1.807) is 29.9 Å². The summed E-state index contributed by atoms with van der Waals surface area (Å²) in [6.07, 6.45) is 5.46. The Hall–Kier alpha value is -3.13. The lowest BCUT2D eigenvalue weighted by atomic mass is 9.75. The number of primary amides is 1. The molecule has 0 saturated heterocycles. The molecule has 1 aliphatic rings. The maximum Gasteiger partial charge on any atom is 0.312 e. The van der Waals surface area contributed by atoms with E-state index in [1.807, 2.05) is 13.0 Å². The Bertz CT molecular complexity index is 1280. The number of hydrogen-bond acceptors (Lipinski definition) is 4. The third kappa shape index (κ3) is 4.15. The van der Waals surface area contributed by atoms with Gasteiger partial charge in [0.05, 0.1) is 16.1 Å². The number of carbonyl (C=O) groups excluding carboxylic acids is 1. The first-order chi connectivity index (χ1) is 15.8. The highest BCUT2D eigenvalue weighted by Gasteiger charge is 2.38. The fourth-order valence-corrected chi connectivity index (χ4v) is 5.14. The van der Waals surface area contributed by atoms with Crippen molar-refractivity contribution >= 4 is 34.4 Å². The Morgan fingerprint density at radius 1 is 1.21 bits per heavy atom. The lowest BCUT2D eigenvalue weighted by molar-refractivity contribution is 0.207. The van der Waals surface area contributed by atoms with Gasteiger partial charge in [0.2, 0.25) is 0 Å². The minimum Gasteiger partial charge on any atom is -0.373 e. The second-order valence-corrected chi connectivity index (χ2v) is 8.84. The number of carbonyl (C=O) groups is 1. The van der Waals surface area contributed by atoms with Gasteiger partial charge in [-0.3, -0.25) is 4.79 Å². The zero-order valence-corrected chi connectivity index (χ0v) is 19.4. The third-order valence-corrected chi connectivity index (χ3v) is 6.80. The van der Waals surface area contributed by atoms with E-state index in [-0.39, 0.29) is 10.6 Å². The lowest BCUT2D eigenvalue weighted by Gasteiger charge is -2.38. The van der Waals surface area contributed by atoms with Crippen molar-refractivity contribution in [1.82, 2.24) is 14.9 Å². The minimum absolute atomic E-state index is 0.125. The number of amides is 2. The maximum atomic E-state index is 15.2. The molecule has 0 unspecified atom stereocenters. The molecule has 0 bridgehead atoms. The predicted molar refractivity (Wildman–Crippen MR) is 129 cm³/mol. The summed E-state index contributed by atoms with van der Waals surface area (Å²) in [7, 11) is 1.76. The number of nitrogens with zero attached hydrogens (tertiary/aromatic N) is 2. The summed E-state index contributed by atoms with van der Waals surface area (Å²) in [4.78, 5) is 29.6. The van der Waals surface area contributed by atoms with Gasteiger partial charge >= 0.3 is 6.03 Å². The Morgan fingerprint density at radius 3 is 2.58 bits per heavy atom. The summed E-state index contributed by atoms with van der Waals surface area (Å²) in [6.45, 7) is 2.32. The molecule has 2 heterocycles. The van der Waals surface area contributed by atoms with Gasteiger partial charge in [0, 0.05) is 47.9 Å². The molecule has 4 rings (SSSR count). The van der Waals surface area contributed by atoms with Crippen LogP contribution in [0.5, 0.6) is 0 Å². The zero-order chi connectivity index (χ0) is 23.8. The van der Waals surface area contributed by atoms with Crippen LogP contribution >= 0.6 is 11.6 Å². The van der Waals surface area contributed by atoms with Gasteiger partial charge in [-0.1, -0.05) is 30.9 Å². The van der Waals surface area contributed by atoms with Gasteiger partial charge in [-0.25, -0.2) is 14.2 Å². The second kappa shape index (κ2) is 9.02. The van der Waals surface area contributed by atoms with Gasteiger partial charge in [-0.15, -0.1) is 0 Å². The van der Waals surface area contributed by atoms with Gasteiger partial charge in [-0.2, -0.15) is 0 Å². The molecule has 7 nitrogen and oxygen atoms in total. The zero-order valence-electron chi connectivity index (χ0n) is 18.7. The molecule has 4 N–H and O–H groups in total. The molecule has 2 amide bonds. The molecular formula is C24H27ClFN5O2. The van der Waals surface area contributed by atoms with Crippen molar-refractivity contribution in [2.24, 2.45) is 5.73 Å². The van der Waals surface area contributed by atoms with Crippen LogP contribution in [0.1, 0.15) is 44.6 Å². The summed E-state index contributed by atoms with van der Waals surface area (Å²) in [6, 6.07) is 5.65. The van der Waals surface area contributed by atoms with E-state index >= 15 is 4.39 Å². The number of fused-ring (bicyclic) bond motifs is 1. The monoisotopic (exact) mass is 471 g/mol. The highest BCUT2D eigenvalue weighted by atomic mass is 35.5. The summed E-state index contributed by atoms with van der Waals surface area (Å²) >= 11 is 6.47. The summed E-state index contributed by atoms with van der Waals surface area (Å²) in [5.41, 5.74) is 6.08. The van der Waals surface area contributed by atoms with Crippen LogP contribution in [0.25, 0.3) is 22.0 Å². The quantitative estimate of drug-likeness (QED) is 0.500. The fraction of sp³-hybridized carbons (Fsp3) is 0.375. The molecule has 1 aliphatic carbocycles. The smallest absolute Gasteiger partial charge is 0.312 e. The molecule has 1 aromatic carbocycles. The van der Waals surface area contributed by atoms with Crippen molar-refractivity contribution in [2.45, 2.75) is 51.1 Å². The molecule has 33 heavy (non-hydrogen) atoms. The molecule has 0 atom stereocenters. The van der Waals surface area contributed by atoms with E-state index in [4.69, 9.17) is 17.3 Å². The number of anilines is 1. The highest BCUT2D eigenvalue weighted by Crippen LogP contribution is 2.41. The largest absolute Gasteiger partial charge is 0.373 e. The van der Waals surface area contributed by atoms with E-state index < -0.39 is 17.4 Å². The number of halogens is 2. The van der Waals surface area contributed by atoms with Crippen molar-refractivity contribution in [1.29, 1.82) is 0 Å². The summed E-state index contributed by atoms with van der Waals surface area (Å²) in [5.74, 6) is 0.118. The number of benzene rings is 1.